The van der Waals surface area contributed by atoms with Gasteiger partial charge in [0.2, 0.25) is 5.91 Å². The first-order valence-corrected chi connectivity index (χ1v) is 8.99. The Morgan fingerprint density at radius 2 is 1.95 bits per heavy atom. The van der Waals surface area contributed by atoms with Crippen molar-refractivity contribution in [1.82, 2.24) is 15.5 Å². The molecule has 2 atom stereocenters. The average molecular weight is 295 g/mol. The highest BCUT2D eigenvalue weighted by atomic mass is 16.1. The van der Waals surface area contributed by atoms with Crippen molar-refractivity contribution in [3.63, 3.8) is 0 Å². The number of nitrogens with zero attached hydrogens (tertiary/aromatic N) is 1. The van der Waals surface area contributed by atoms with Crippen molar-refractivity contribution in [1.29, 1.82) is 0 Å². The van der Waals surface area contributed by atoms with E-state index in [-0.39, 0.29) is 5.91 Å². The van der Waals surface area contributed by atoms with Crippen LogP contribution in [0.2, 0.25) is 0 Å². The molecule has 2 fully saturated rings. The van der Waals surface area contributed by atoms with E-state index < -0.39 is 0 Å². The third-order valence-electron chi connectivity index (χ3n) is 5.17. The summed E-state index contributed by atoms with van der Waals surface area (Å²) in [5.74, 6) is 0.253. The number of carbonyl (C=O) groups excluding carboxylic acids is 1. The number of hydrogen-bond donors (Lipinski definition) is 2. The lowest BCUT2D eigenvalue weighted by atomic mass is 9.95. The first-order valence-electron chi connectivity index (χ1n) is 8.99. The van der Waals surface area contributed by atoms with Gasteiger partial charge >= 0.3 is 0 Å². The second kappa shape index (κ2) is 8.74. The van der Waals surface area contributed by atoms with E-state index in [1.54, 1.807) is 0 Å². The molecule has 21 heavy (non-hydrogen) atoms. The summed E-state index contributed by atoms with van der Waals surface area (Å²) in [6.45, 7) is 7.55. The van der Waals surface area contributed by atoms with Crippen molar-refractivity contribution in [3.05, 3.63) is 0 Å². The largest absolute Gasteiger partial charge is 0.353 e. The molecule has 0 aromatic heterocycles. The molecule has 0 aromatic carbocycles. The predicted molar refractivity (Wildman–Crippen MR) is 87.4 cm³/mol. The minimum absolute atomic E-state index is 0.253. The van der Waals surface area contributed by atoms with Crippen LogP contribution in [-0.4, -0.2) is 48.6 Å². The van der Waals surface area contributed by atoms with Gasteiger partial charge in [0, 0.05) is 44.2 Å². The molecular formula is C17H33N3O. The van der Waals surface area contributed by atoms with Gasteiger partial charge in [-0.3, -0.25) is 9.69 Å². The van der Waals surface area contributed by atoms with Gasteiger partial charge in [-0.1, -0.05) is 33.1 Å². The normalized spacial score (nSPS) is 28.5. The molecule has 4 heteroatoms. The Morgan fingerprint density at radius 3 is 2.62 bits per heavy atom. The third kappa shape index (κ3) is 5.26. The summed E-state index contributed by atoms with van der Waals surface area (Å²) in [4.78, 5) is 14.7. The van der Waals surface area contributed by atoms with E-state index in [4.69, 9.17) is 0 Å². The van der Waals surface area contributed by atoms with E-state index in [1.807, 2.05) is 0 Å². The summed E-state index contributed by atoms with van der Waals surface area (Å²) >= 11 is 0. The summed E-state index contributed by atoms with van der Waals surface area (Å²) in [6.07, 6.45) is 9.23. The zero-order valence-electron chi connectivity index (χ0n) is 13.9. The highest BCUT2D eigenvalue weighted by Gasteiger charge is 2.26. The predicted octanol–water partition coefficient (Wildman–Crippen LogP) is 2.29. The Kier molecular flexibility index (Phi) is 6.97. The Bertz CT molecular complexity index is 315. The van der Waals surface area contributed by atoms with Crippen LogP contribution in [0.5, 0.6) is 0 Å². The van der Waals surface area contributed by atoms with Crippen LogP contribution in [0.4, 0.5) is 0 Å². The van der Waals surface area contributed by atoms with E-state index in [0.717, 1.165) is 26.1 Å². The summed E-state index contributed by atoms with van der Waals surface area (Å²) in [5.41, 5.74) is 0. The molecule has 0 bridgehead atoms. The monoisotopic (exact) mass is 295 g/mol. The van der Waals surface area contributed by atoms with Crippen molar-refractivity contribution in [2.24, 2.45) is 0 Å². The fourth-order valence-electron chi connectivity index (χ4n) is 3.67. The van der Waals surface area contributed by atoms with E-state index in [0.29, 0.717) is 24.5 Å². The average Bonchev–Trinajstić information content (AvgIpc) is 2.53. The Morgan fingerprint density at radius 1 is 1.19 bits per heavy atom. The molecule has 2 N–H and O–H groups in total. The SMILES string of the molecule is CCC1CN(CCC(=O)NC2CCCCC2)C(CC)CN1. The maximum Gasteiger partial charge on any atom is 0.221 e. The van der Waals surface area contributed by atoms with Crippen LogP contribution in [0, 0.1) is 0 Å². The molecular weight excluding hydrogens is 262 g/mol. The van der Waals surface area contributed by atoms with Gasteiger partial charge in [0.25, 0.3) is 0 Å². The minimum atomic E-state index is 0.253. The zero-order chi connectivity index (χ0) is 15.1. The lowest BCUT2D eigenvalue weighted by Crippen LogP contribution is -2.56. The van der Waals surface area contributed by atoms with Crippen LogP contribution in [0.25, 0.3) is 0 Å². The van der Waals surface area contributed by atoms with Crippen molar-refractivity contribution < 1.29 is 4.79 Å². The summed E-state index contributed by atoms with van der Waals surface area (Å²) in [6, 6.07) is 1.63. The molecule has 2 rings (SSSR count). The second-order valence-corrected chi connectivity index (χ2v) is 6.72. The quantitative estimate of drug-likeness (QED) is 0.790. The summed E-state index contributed by atoms with van der Waals surface area (Å²) < 4.78 is 0. The second-order valence-electron chi connectivity index (χ2n) is 6.72. The third-order valence-corrected chi connectivity index (χ3v) is 5.17. The highest BCUT2D eigenvalue weighted by Crippen LogP contribution is 2.17. The molecule has 4 nitrogen and oxygen atoms in total. The van der Waals surface area contributed by atoms with Gasteiger partial charge in [0.1, 0.15) is 0 Å². The highest BCUT2D eigenvalue weighted by molar-refractivity contribution is 5.76. The number of hydrogen-bond acceptors (Lipinski definition) is 3. The smallest absolute Gasteiger partial charge is 0.221 e. The molecule has 0 radical (unpaired) electrons. The molecule has 0 aromatic rings. The number of rotatable bonds is 6. The van der Waals surface area contributed by atoms with Crippen LogP contribution < -0.4 is 10.6 Å². The van der Waals surface area contributed by atoms with E-state index in [1.165, 1.54) is 38.5 Å². The molecule has 2 aliphatic rings. The lowest BCUT2D eigenvalue weighted by Gasteiger charge is -2.40. The number of nitrogens with one attached hydrogen (secondary N) is 2. The van der Waals surface area contributed by atoms with Crippen LogP contribution >= 0.6 is 0 Å². The van der Waals surface area contributed by atoms with Gasteiger partial charge in [-0.15, -0.1) is 0 Å². The minimum Gasteiger partial charge on any atom is -0.353 e. The van der Waals surface area contributed by atoms with E-state index >= 15 is 0 Å². The van der Waals surface area contributed by atoms with Crippen molar-refractivity contribution in [2.75, 3.05) is 19.6 Å². The first kappa shape index (κ1) is 16.8. The van der Waals surface area contributed by atoms with Gasteiger partial charge in [-0.2, -0.15) is 0 Å². The summed E-state index contributed by atoms with van der Waals surface area (Å²) in [5, 5.41) is 6.85. The lowest BCUT2D eigenvalue weighted by molar-refractivity contribution is -0.122. The molecule has 0 spiro atoms. The van der Waals surface area contributed by atoms with E-state index in [2.05, 4.69) is 29.4 Å². The van der Waals surface area contributed by atoms with Crippen LogP contribution in [0.15, 0.2) is 0 Å². The van der Waals surface area contributed by atoms with E-state index in [9.17, 15) is 4.79 Å². The fraction of sp³-hybridized carbons (Fsp3) is 0.941. The molecule has 2 unspecified atom stereocenters. The number of carbonyl (C=O) groups is 1. The number of amides is 1. The van der Waals surface area contributed by atoms with Crippen LogP contribution in [-0.2, 0) is 4.79 Å². The van der Waals surface area contributed by atoms with Gasteiger partial charge < -0.3 is 10.6 Å². The molecule has 1 heterocycles. The van der Waals surface area contributed by atoms with Gasteiger partial charge in [-0.05, 0) is 25.7 Å². The Balaban J connectivity index is 1.72. The van der Waals surface area contributed by atoms with Gasteiger partial charge in [0.05, 0.1) is 0 Å². The molecule has 1 amide bonds. The fourth-order valence-corrected chi connectivity index (χ4v) is 3.67. The Hall–Kier alpha value is -0.610. The topological polar surface area (TPSA) is 44.4 Å². The van der Waals surface area contributed by atoms with Crippen LogP contribution in [0.1, 0.15) is 65.2 Å². The van der Waals surface area contributed by atoms with Crippen molar-refractivity contribution in [2.45, 2.75) is 83.3 Å². The Labute approximate surface area is 130 Å². The molecule has 1 saturated heterocycles. The maximum absolute atomic E-state index is 12.1. The van der Waals surface area contributed by atoms with Crippen molar-refractivity contribution >= 4 is 5.91 Å². The zero-order valence-corrected chi connectivity index (χ0v) is 13.9. The van der Waals surface area contributed by atoms with Crippen LogP contribution in [0.3, 0.4) is 0 Å². The molecule has 1 saturated carbocycles. The van der Waals surface area contributed by atoms with Gasteiger partial charge in [-0.25, -0.2) is 0 Å². The standard InChI is InChI=1S/C17H33N3O/c1-3-14-13-20(16(4-2)12-18-14)11-10-17(21)19-15-8-6-5-7-9-15/h14-16,18H,3-13H2,1-2H3,(H,19,21). The molecule has 1 aliphatic carbocycles. The van der Waals surface area contributed by atoms with Crippen molar-refractivity contribution in [3.8, 4) is 0 Å². The first-order chi connectivity index (χ1) is 10.2. The molecule has 1 aliphatic heterocycles. The molecule has 122 valence electrons. The van der Waals surface area contributed by atoms with Gasteiger partial charge in [0.15, 0.2) is 0 Å². The number of piperazine rings is 1. The maximum atomic E-state index is 12.1. The summed E-state index contributed by atoms with van der Waals surface area (Å²) in [7, 11) is 0.